The zero-order chi connectivity index (χ0) is 34.6. The maximum absolute atomic E-state index is 6.91. The van der Waals surface area contributed by atoms with Gasteiger partial charge < -0.3 is 9.32 Å². The molecule has 8 aromatic carbocycles. The summed E-state index contributed by atoms with van der Waals surface area (Å²) >= 11 is 1.86. The largest absolute Gasteiger partial charge is 0.455 e. The van der Waals surface area contributed by atoms with Crippen LogP contribution in [0.2, 0.25) is 0 Å². The number of hydrogen-bond acceptors (Lipinski definition) is 3. The second kappa shape index (κ2) is 10.9. The highest BCUT2D eigenvalue weighted by molar-refractivity contribution is 7.26. The van der Waals surface area contributed by atoms with Crippen molar-refractivity contribution in [3.05, 3.63) is 175 Å². The first-order valence-corrected chi connectivity index (χ1v) is 18.7. The highest BCUT2D eigenvalue weighted by Gasteiger charge is 2.38. The van der Waals surface area contributed by atoms with Gasteiger partial charge in [0.1, 0.15) is 11.2 Å². The molecule has 2 heterocycles. The fourth-order valence-electron chi connectivity index (χ4n) is 8.83. The molecule has 246 valence electrons. The van der Waals surface area contributed by atoms with Crippen LogP contribution in [0.15, 0.2) is 168 Å². The lowest BCUT2D eigenvalue weighted by Crippen LogP contribution is -2.16. The summed E-state index contributed by atoms with van der Waals surface area (Å²) in [5, 5.41) is 7.21. The lowest BCUT2D eigenvalue weighted by molar-refractivity contribution is 0.660. The number of furan rings is 1. The number of benzene rings is 8. The van der Waals surface area contributed by atoms with Gasteiger partial charge in [-0.1, -0.05) is 129 Å². The Hall–Kier alpha value is -6.16. The Kier molecular flexibility index (Phi) is 6.21. The van der Waals surface area contributed by atoms with E-state index in [1.54, 1.807) is 0 Å². The fraction of sp³-hybridized carbons (Fsp3) is 0.0612. The van der Waals surface area contributed by atoms with Crippen LogP contribution in [0.1, 0.15) is 25.0 Å². The quantitative estimate of drug-likeness (QED) is 0.184. The van der Waals surface area contributed by atoms with E-state index in [-0.39, 0.29) is 5.41 Å². The van der Waals surface area contributed by atoms with E-state index in [2.05, 4.69) is 183 Å². The molecule has 0 amide bonds. The van der Waals surface area contributed by atoms with E-state index in [0.29, 0.717) is 0 Å². The number of fused-ring (bicyclic) bond motifs is 10. The number of para-hydroxylation sites is 1. The van der Waals surface area contributed by atoms with Gasteiger partial charge in [0.05, 0.1) is 22.4 Å². The van der Waals surface area contributed by atoms with Gasteiger partial charge in [-0.15, -0.1) is 11.3 Å². The van der Waals surface area contributed by atoms with Gasteiger partial charge in [0.15, 0.2) is 0 Å². The number of thiophene rings is 1. The molecule has 0 radical (unpaired) electrons. The highest BCUT2D eigenvalue weighted by Crippen LogP contribution is 2.56. The number of nitrogens with zero attached hydrogens (tertiary/aromatic N) is 1. The minimum absolute atomic E-state index is 0.133. The molecule has 2 aromatic heterocycles. The normalized spacial score (nSPS) is 13.3. The van der Waals surface area contributed by atoms with Crippen molar-refractivity contribution in [3.63, 3.8) is 0 Å². The first-order valence-electron chi connectivity index (χ1n) is 17.9. The van der Waals surface area contributed by atoms with E-state index in [4.69, 9.17) is 4.42 Å². The molecule has 1 aliphatic carbocycles. The highest BCUT2D eigenvalue weighted by atomic mass is 32.1. The molecule has 0 bridgehead atoms. The SMILES string of the molecule is CC1(C)c2ccccc2-c2c(N(c3cccc4sc5ccccc5c34)c3ccc(-c4ccc5ccccc5c4)c4oc5ccccc5c34)cccc21. The van der Waals surface area contributed by atoms with E-state index in [1.807, 2.05) is 11.3 Å². The van der Waals surface area contributed by atoms with Crippen LogP contribution in [-0.2, 0) is 5.41 Å². The van der Waals surface area contributed by atoms with Crippen molar-refractivity contribution in [2.45, 2.75) is 19.3 Å². The summed E-state index contributed by atoms with van der Waals surface area (Å²) in [5.41, 5.74) is 12.6. The molecule has 2 nitrogen and oxygen atoms in total. The minimum atomic E-state index is -0.133. The summed E-state index contributed by atoms with van der Waals surface area (Å²) in [5.74, 6) is 0. The lowest BCUT2D eigenvalue weighted by atomic mass is 9.82. The summed E-state index contributed by atoms with van der Waals surface area (Å²) in [6, 6.07) is 59.8. The van der Waals surface area contributed by atoms with Crippen molar-refractivity contribution >= 4 is 81.3 Å². The maximum atomic E-state index is 6.91. The Bertz CT molecular complexity index is 3070. The van der Waals surface area contributed by atoms with Crippen LogP contribution in [0.3, 0.4) is 0 Å². The van der Waals surface area contributed by atoms with Crippen LogP contribution in [0, 0.1) is 0 Å². The Morgan fingerprint density at radius 1 is 0.500 bits per heavy atom. The third kappa shape index (κ3) is 4.11. The van der Waals surface area contributed by atoms with Gasteiger partial charge >= 0.3 is 0 Å². The predicted molar refractivity (Wildman–Crippen MR) is 222 cm³/mol. The molecule has 0 atom stereocenters. The number of rotatable bonds is 4. The molecular weight excluding hydrogens is 651 g/mol. The van der Waals surface area contributed by atoms with E-state index in [9.17, 15) is 0 Å². The van der Waals surface area contributed by atoms with Crippen molar-refractivity contribution in [3.8, 4) is 22.3 Å². The standard InChI is InChI=1S/C49H33NOS/c1-49(2)37-18-8-5-15-34(37)45-38(49)19-11-20-39(45)50(40-21-12-24-44-46(40)36-17-7-10-23-43(36)52-44)41-28-27-33(32-26-25-30-13-3-4-14-31(30)29-32)48-47(41)35-16-6-9-22-42(35)51-48/h3-29H,1-2H3. The van der Waals surface area contributed by atoms with E-state index >= 15 is 0 Å². The van der Waals surface area contributed by atoms with Crippen molar-refractivity contribution in [1.29, 1.82) is 0 Å². The summed E-state index contributed by atoms with van der Waals surface area (Å²) in [6.07, 6.45) is 0. The topological polar surface area (TPSA) is 16.4 Å². The Balaban J connectivity index is 1.28. The van der Waals surface area contributed by atoms with Gasteiger partial charge in [0, 0.05) is 42.1 Å². The predicted octanol–water partition coefficient (Wildman–Crippen LogP) is 14.6. The number of anilines is 3. The molecule has 0 saturated carbocycles. The minimum Gasteiger partial charge on any atom is -0.455 e. The molecular formula is C49H33NOS. The Labute approximate surface area is 305 Å². The smallest absolute Gasteiger partial charge is 0.145 e. The molecule has 1 aliphatic rings. The van der Waals surface area contributed by atoms with Gasteiger partial charge in [-0.05, 0) is 81.6 Å². The fourth-order valence-corrected chi connectivity index (χ4v) is 9.96. The van der Waals surface area contributed by atoms with Crippen LogP contribution < -0.4 is 4.90 Å². The van der Waals surface area contributed by atoms with Gasteiger partial charge in [0.2, 0.25) is 0 Å². The first kappa shape index (κ1) is 29.6. The van der Waals surface area contributed by atoms with Crippen LogP contribution in [0.4, 0.5) is 17.1 Å². The van der Waals surface area contributed by atoms with Crippen LogP contribution in [0.5, 0.6) is 0 Å². The molecule has 3 heteroatoms. The van der Waals surface area contributed by atoms with Crippen molar-refractivity contribution in [2.75, 3.05) is 4.90 Å². The Morgan fingerprint density at radius 2 is 1.19 bits per heavy atom. The molecule has 0 unspecified atom stereocenters. The summed E-state index contributed by atoms with van der Waals surface area (Å²) in [4.78, 5) is 2.53. The van der Waals surface area contributed by atoms with Crippen LogP contribution in [0.25, 0.3) is 75.1 Å². The van der Waals surface area contributed by atoms with Crippen molar-refractivity contribution < 1.29 is 4.42 Å². The average Bonchev–Trinajstić information content (AvgIpc) is 3.84. The number of hydrogen-bond donors (Lipinski definition) is 0. The van der Waals surface area contributed by atoms with Crippen LogP contribution >= 0.6 is 11.3 Å². The third-order valence-corrected chi connectivity index (χ3v) is 12.4. The van der Waals surface area contributed by atoms with E-state index in [1.165, 1.54) is 58.9 Å². The monoisotopic (exact) mass is 683 g/mol. The lowest BCUT2D eigenvalue weighted by Gasteiger charge is -2.30. The molecule has 0 spiro atoms. The molecule has 10 aromatic rings. The van der Waals surface area contributed by atoms with E-state index in [0.717, 1.165) is 44.4 Å². The second-order valence-corrected chi connectivity index (χ2v) is 15.5. The third-order valence-electron chi connectivity index (χ3n) is 11.3. The summed E-state index contributed by atoms with van der Waals surface area (Å²) in [7, 11) is 0. The van der Waals surface area contributed by atoms with Crippen LogP contribution in [-0.4, -0.2) is 0 Å². The zero-order valence-electron chi connectivity index (χ0n) is 28.9. The molecule has 0 fully saturated rings. The van der Waals surface area contributed by atoms with E-state index < -0.39 is 0 Å². The average molecular weight is 684 g/mol. The second-order valence-electron chi connectivity index (χ2n) is 14.5. The molecule has 0 N–H and O–H groups in total. The van der Waals surface area contributed by atoms with Crippen molar-refractivity contribution in [1.82, 2.24) is 0 Å². The van der Waals surface area contributed by atoms with Crippen molar-refractivity contribution in [2.24, 2.45) is 0 Å². The summed E-state index contributed by atoms with van der Waals surface area (Å²) in [6.45, 7) is 4.72. The van der Waals surface area contributed by atoms with Gasteiger partial charge in [0.25, 0.3) is 0 Å². The van der Waals surface area contributed by atoms with Gasteiger partial charge in [-0.3, -0.25) is 0 Å². The molecule has 52 heavy (non-hydrogen) atoms. The zero-order valence-corrected chi connectivity index (χ0v) is 29.7. The molecule has 11 rings (SSSR count). The van der Waals surface area contributed by atoms with Gasteiger partial charge in [-0.2, -0.15) is 0 Å². The van der Waals surface area contributed by atoms with Gasteiger partial charge in [-0.25, -0.2) is 0 Å². The summed E-state index contributed by atoms with van der Waals surface area (Å²) < 4.78 is 9.48. The first-order chi connectivity index (χ1) is 25.6. The Morgan fingerprint density at radius 3 is 2.12 bits per heavy atom. The molecule has 0 aliphatic heterocycles. The molecule has 0 saturated heterocycles. The maximum Gasteiger partial charge on any atom is 0.145 e.